The van der Waals surface area contributed by atoms with Crippen molar-refractivity contribution in [3.8, 4) is 11.1 Å². The SMILES string of the molecule is Cc1noc([C@H]2CCCN(C(=O)c3cc(-c4ccccc4)c(N4CCOCC4)s3)C2)n1. The first-order valence-electron chi connectivity index (χ1n) is 10.8. The van der Waals surface area contributed by atoms with Crippen molar-refractivity contribution in [2.75, 3.05) is 44.3 Å². The molecule has 31 heavy (non-hydrogen) atoms. The zero-order valence-corrected chi connectivity index (χ0v) is 18.4. The van der Waals surface area contributed by atoms with E-state index in [0.29, 0.717) is 31.5 Å². The number of aromatic nitrogens is 2. The van der Waals surface area contributed by atoms with Crippen molar-refractivity contribution in [2.24, 2.45) is 0 Å². The van der Waals surface area contributed by atoms with E-state index in [2.05, 4.69) is 33.2 Å². The van der Waals surface area contributed by atoms with Gasteiger partial charge in [-0.2, -0.15) is 4.98 Å². The molecule has 5 rings (SSSR count). The number of hydrogen-bond acceptors (Lipinski definition) is 7. The quantitative estimate of drug-likeness (QED) is 0.614. The molecule has 0 spiro atoms. The van der Waals surface area contributed by atoms with Crippen molar-refractivity contribution in [1.29, 1.82) is 0 Å². The molecule has 2 aliphatic rings. The topological polar surface area (TPSA) is 71.7 Å². The Morgan fingerprint density at radius 2 is 1.97 bits per heavy atom. The standard InChI is InChI=1S/C23H26N4O3S/c1-16-24-21(30-25-16)18-8-5-9-27(15-18)22(28)20-14-19(17-6-3-2-4-7-17)23(31-20)26-10-12-29-13-11-26/h2-4,6-7,14,18H,5,8-13,15H2,1H3/t18-/m0/s1. The third-order valence-corrected chi connectivity index (χ3v) is 7.09. The van der Waals surface area contributed by atoms with Gasteiger partial charge in [-0.25, -0.2) is 0 Å². The van der Waals surface area contributed by atoms with Crippen LogP contribution in [0.4, 0.5) is 5.00 Å². The summed E-state index contributed by atoms with van der Waals surface area (Å²) in [4.78, 5) is 22.9. The number of morpholine rings is 1. The minimum absolute atomic E-state index is 0.0858. The number of aryl methyl sites for hydroxylation is 1. The number of piperidine rings is 1. The maximum absolute atomic E-state index is 13.5. The Bertz CT molecular complexity index is 1040. The van der Waals surface area contributed by atoms with Crippen LogP contribution in [0.2, 0.25) is 0 Å². The van der Waals surface area contributed by atoms with E-state index in [1.807, 2.05) is 30.0 Å². The van der Waals surface area contributed by atoms with Gasteiger partial charge in [0.15, 0.2) is 5.82 Å². The lowest BCUT2D eigenvalue weighted by Crippen LogP contribution is -2.39. The molecule has 1 atom stereocenters. The highest BCUT2D eigenvalue weighted by Gasteiger charge is 2.31. The molecule has 2 fully saturated rings. The number of amides is 1. The summed E-state index contributed by atoms with van der Waals surface area (Å²) in [6.07, 6.45) is 1.90. The molecule has 0 radical (unpaired) electrons. The summed E-state index contributed by atoms with van der Waals surface area (Å²) in [5.41, 5.74) is 2.26. The van der Waals surface area contributed by atoms with E-state index >= 15 is 0 Å². The molecule has 0 aliphatic carbocycles. The second-order valence-corrected chi connectivity index (χ2v) is 9.10. The first kappa shape index (κ1) is 20.2. The van der Waals surface area contributed by atoms with Crippen molar-refractivity contribution in [2.45, 2.75) is 25.7 Å². The maximum Gasteiger partial charge on any atom is 0.264 e. The molecular weight excluding hydrogens is 412 g/mol. The molecule has 7 nitrogen and oxygen atoms in total. The summed E-state index contributed by atoms with van der Waals surface area (Å²) >= 11 is 1.59. The van der Waals surface area contributed by atoms with Crippen molar-refractivity contribution < 1.29 is 14.1 Å². The Kier molecular flexibility index (Phi) is 5.74. The van der Waals surface area contributed by atoms with Gasteiger partial charge >= 0.3 is 0 Å². The van der Waals surface area contributed by atoms with Crippen LogP contribution >= 0.6 is 11.3 Å². The number of anilines is 1. The fraction of sp³-hybridized carbons (Fsp3) is 0.435. The first-order valence-corrected chi connectivity index (χ1v) is 11.6. The van der Waals surface area contributed by atoms with Gasteiger partial charge in [0.25, 0.3) is 5.91 Å². The Hall–Kier alpha value is -2.71. The number of carbonyl (C=O) groups is 1. The molecule has 4 heterocycles. The Balaban J connectivity index is 1.42. The second-order valence-electron chi connectivity index (χ2n) is 8.07. The highest BCUT2D eigenvalue weighted by Crippen LogP contribution is 2.40. The predicted molar refractivity (Wildman–Crippen MR) is 120 cm³/mol. The van der Waals surface area contributed by atoms with Crippen molar-refractivity contribution in [1.82, 2.24) is 15.0 Å². The molecular formula is C23H26N4O3S. The van der Waals surface area contributed by atoms with Gasteiger partial charge in [0.05, 0.1) is 29.0 Å². The predicted octanol–water partition coefficient (Wildman–Crippen LogP) is 3.96. The number of hydrogen-bond donors (Lipinski definition) is 0. The minimum Gasteiger partial charge on any atom is -0.378 e. The van der Waals surface area contributed by atoms with Crippen molar-refractivity contribution in [3.63, 3.8) is 0 Å². The van der Waals surface area contributed by atoms with Gasteiger partial charge < -0.3 is 19.1 Å². The van der Waals surface area contributed by atoms with Crippen LogP contribution in [0.3, 0.4) is 0 Å². The molecule has 0 saturated carbocycles. The van der Waals surface area contributed by atoms with E-state index in [-0.39, 0.29) is 11.8 Å². The molecule has 0 unspecified atom stereocenters. The number of thiophene rings is 1. The van der Waals surface area contributed by atoms with Crippen LogP contribution in [0, 0.1) is 6.92 Å². The van der Waals surface area contributed by atoms with Gasteiger partial charge in [-0.05, 0) is 31.4 Å². The molecule has 3 aromatic rings. The van der Waals surface area contributed by atoms with Gasteiger partial charge in [0, 0.05) is 31.7 Å². The Labute approximate surface area is 185 Å². The zero-order chi connectivity index (χ0) is 21.2. The summed E-state index contributed by atoms with van der Waals surface area (Å²) in [5.74, 6) is 1.47. The number of rotatable bonds is 4. The summed E-state index contributed by atoms with van der Waals surface area (Å²) in [6.45, 7) is 6.31. The van der Waals surface area contributed by atoms with E-state index in [0.717, 1.165) is 53.5 Å². The third kappa shape index (κ3) is 4.22. The van der Waals surface area contributed by atoms with Crippen LogP contribution < -0.4 is 4.90 Å². The molecule has 8 heteroatoms. The Morgan fingerprint density at radius 3 is 2.71 bits per heavy atom. The number of likely N-dealkylation sites (tertiary alicyclic amines) is 1. The number of nitrogens with zero attached hydrogens (tertiary/aromatic N) is 4. The van der Waals surface area contributed by atoms with Crippen LogP contribution in [0.5, 0.6) is 0 Å². The summed E-state index contributed by atoms with van der Waals surface area (Å²) in [5, 5.41) is 5.07. The lowest BCUT2D eigenvalue weighted by atomic mass is 9.97. The van der Waals surface area contributed by atoms with E-state index in [9.17, 15) is 4.79 Å². The smallest absolute Gasteiger partial charge is 0.264 e. The largest absolute Gasteiger partial charge is 0.378 e. The fourth-order valence-corrected chi connectivity index (χ4v) is 5.51. The van der Waals surface area contributed by atoms with E-state index < -0.39 is 0 Å². The number of benzene rings is 1. The first-order chi connectivity index (χ1) is 15.2. The molecule has 1 aromatic carbocycles. The highest BCUT2D eigenvalue weighted by molar-refractivity contribution is 7.18. The molecule has 0 bridgehead atoms. The van der Waals surface area contributed by atoms with Gasteiger partial charge in [0.1, 0.15) is 0 Å². The average Bonchev–Trinajstić information content (AvgIpc) is 3.47. The van der Waals surface area contributed by atoms with Crippen LogP contribution in [0.25, 0.3) is 11.1 Å². The van der Waals surface area contributed by atoms with E-state index in [1.54, 1.807) is 11.3 Å². The van der Waals surface area contributed by atoms with Crippen LogP contribution in [-0.4, -0.2) is 60.3 Å². The molecule has 2 aliphatic heterocycles. The molecule has 0 N–H and O–H groups in total. The normalized spacial score (nSPS) is 19.6. The third-order valence-electron chi connectivity index (χ3n) is 5.91. The van der Waals surface area contributed by atoms with Crippen LogP contribution in [0.1, 0.15) is 40.1 Å². The number of carbonyl (C=O) groups excluding carboxylic acids is 1. The number of ether oxygens (including phenoxy) is 1. The molecule has 2 aromatic heterocycles. The monoisotopic (exact) mass is 438 g/mol. The zero-order valence-electron chi connectivity index (χ0n) is 17.6. The van der Waals surface area contributed by atoms with Crippen molar-refractivity contribution >= 4 is 22.2 Å². The lowest BCUT2D eigenvalue weighted by Gasteiger charge is -2.30. The second kappa shape index (κ2) is 8.80. The highest BCUT2D eigenvalue weighted by atomic mass is 32.1. The average molecular weight is 439 g/mol. The molecule has 2 saturated heterocycles. The fourth-order valence-electron chi connectivity index (χ4n) is 4.31. The lowest BCUT2D eigenvalue weighted by molar-refractivity contribution is 0.0700. The Morgan fingerprint density at radius 1 is 1.16 bits per heavy atom. The van der Waals surface area contributed by atoms with E-state index in [4.69, 9.17) is 9.26 Å². The van der Waals surface area contributed by atoms with Gasteiger partial charge in [0.2, 0.25) is 5.89 Å². The van der Waals surface area contributed by atoms with Gasteiger partial charge in [-0.1, -0.05) is 35.5 Å². The van der Waals surface area contributed by atoms with Gasteiger partial charge in [-0.15, -0.1) is 11.3 Å². The summed E-state index contributed by atoms with van der Waals surface area (Å²) in [7, 11) is 0. The maximum atomic E-state index is 13.5. The molecule has 162 valence electrons. The summed E-state index contributed by atoms with van der Waals surface area (Å²) in [6, 6.07) is 12.4. The summed E-state index contributed by atoms with van der Waals surface area (Å²) < 4.78 is 10.9. The van der Waals surface area contributed by atoms with Crippen molar-refractivity contribution in [3.05, 3.63) is 53.0 Å². The minimum atomic E-state index is 0.0858. The van der Waals surface area contributed by atoms with Gasteiger partial charge in [-0.3, -0.25) is 4.79 Å². The van der Waals surface area contributed by atoms with E-state index in [1.165, 1.54) is 0 Å². The molecule has 1 amide bonds. The van der Waals surface area contributed by atoms with Crippen LogP contribution in [0.15, 0.2) is 40.9 Å². The van der Waals surface area contributed by atoms with Crippen LogP contribution in [-0.2, 0) is 4.74 Å².